The van der Waals surface area contributed by atoms with Gasteiger partial charge in [0, 0.05) is 19.5 Å². The van der Waals surface area contributed by atoms with E-state index in [1.807, 2.05) is 11.9 Å². The van der Waals surface area contributed by atoms with E-state index in [1.165, 1.54) is 6.07 Å². The second kappa shape index (κ2) is 6.15. The molecule has 0 amide bonds. The van der Waals surface area contributed by atoms with E-state index in [-0.39, 0.29) is 0 Å². The second-order valence-electron chi connectivity index (χ2n) is 4.15. The molecule has 1 aromatic carbocycles. The van der Waals surface area contributed by atoms with Crippen molar-refractivity contribution >= 4 is 17.2 Å². The molecule has 0 aliphatic carbocycles. The Morgan fingerprint density at radius 1 is 1.39 bits per heavy atom. The summed E-state index contributed by atoms with van der Waals surface area (Å²) in [5.74, 6) is 0. The number of halogens is 3. The van der Waals surface area contributed by atoms with Gasteiger partial charge in [-0.25, -0.2) is 0 Å². The summed E-state index contributed by atoms with van der Waals surface area (Å²) in [4.78, 5) is 2.29. The highest BCUT2D eigenvalue weighted by Gasteiger charge is 2.30. The summed E-state index contributed by atoms with van der Waals surface area (Å²) in [7, 11) is 1.82. The lowest BCUT2D eigenvalue weighted by molar-refractivity contribution is -0.137. The average Bonchev–Trinajstić information content (AvgIpc) is 2.25. The maximum absolute atomic E-state index is 12.5. The Morgan fingerprint density at radius 3 is 2.61 bits per heavy atom. The monoisotopic (exact) mass is 276 g/mol. The third-order valence-electron chi connectivity index (χ3n) is 2.45. The van der Waals surface area contributed by atoms with Crippen molar-refractivity contribution in [2.24, 2.45) is 5.73 Å². The summed E-state index contributed by atoms with van der Waals surface area (Å²) in [6, 6.07) is 5.32. The summed E-state index contributed by atoms with van der Waals surface area (Å²) in [5.41, 5.74) is 5.37. The van der Waals surface area contributed by atoms with Crippen LogP contribution in [0.1, 0.15) is 17.5 Å². The van der Waals surface area contributed by atoms with Crippen molar-refractivity contribution in [3.05, 3.63) is 35.4 Å². The molecule has 0 bridgehead atoms. The highest BCUT2D eigenvalue weighted by atomic mass is 32.1. The predicted molar refractivity (Wildman–Crippen MR) is 69.2 cm³/mol. The first-order chi connectivity index (χ1) is 8.29. The molecule has 0 fully saturated rings. The fourth-order valence-electron chi connectivity index (χ4n) is 1.54. The molecule has 0 saturated carbocycles. The lowest BCUT2D eigenvalue weighted by Gasteiger charge is -2.17. The third kappa shape index (κ3) is 5.01. The molecular weight excluding hydrogens is 261 g/mol. The Hall–Kier alpha value is -1.14. The van der Waals surface area contributed by atoms with Crippen LogP contribution in [-0.4, -0.2) is 23.5 Å². The number of hydrogen-bond acceptors (Lipinski definition) is 2. The number of nitrogens with two attached hydrogens (primary N) is 1. The van der Waals surface area contributed by atoms with Crippen LogP contribution in [-0.2, 0) is 12.7 Å². The molecule has 0 aliphatic heterocycles. The molecule has 0 aliphatic rings. The van der Waals surface area contributed by atoms with Gasteiger partial charge in [-0.1, -0.05) is 30.4 Å². The predicted octanol–water partition coefficient (Wildman–Crippen LogP) is 2.81. The summed E-state index contributed by atoms with van der Waals surface area (Å²) >= 11 is 4.75. The number of thiocarbonyl (C=S) groups is 1. The SMILES string of the molecule is CN(CCC(N)=S)Cc1cccc(C(F)(F)F)c1. The van der Waals surface area contributed by atoms with E-state index in [0.29, 0.717) is 30.1 Å². The Kier molecular flexibility index (Phi) is 5.10. The van der Waals surface area contributed by atoms with Crippen molar-refractivity contribution < 1.29 is 13.2 Å². The van der Waals surface area contributed by atoms with Gasteiger partial charge in [-0.2, -0.15) is 13.2 Å². The van der Waals surface area contributed by atoms with Gasteiger partial charge in [0.05, 0.1) is 10.6 Å². The number of benzene rings is 1. The minimum Gasteiger partial charge on any atom is -0.393 e. The van der Waals surface area contributed by atoms with E-state index in [0.717, 1.165) is 12.1 Å². The Labute approximate surface area is 110 Å². The Balaban J connectivity index is 2.65. The van der Waals surface area contributed by atoms with Crippen molar-refractivity contribution in [1.82, 2.24) is 4.90 Å². The molecule has 0 radical (unpaired) electrons. The van der Waals surface area contributed by atoms with Crippen molar-refractivity contribution in [2.75, 3.05) is 13.6 Å². The van der Waals surface area contributed by atoms with Gasteiger partial charge in [0.25, 0.3) is 0 Å². The summed E-state index contributed by atoms with van der Waals surface area (Å²) in [6.45, 7) is 1.07. The largest absolute Gasteiger partial charge is 0.416 e. The molecule has 0 aromatic heterocycles. The zero-order valence-corrected chi connectivity index (χ0v) is 10.8. The standard InChI is InChI=1S/C12H15F3N2S/c1-17(6-5-11(16)18)8-9-3-2-4-10(7-9)12(13,14)15/h2-4,7H,5-6,8H2,1H3,(H2,16,18). The fourth-order valence-corrected chi connectivity index (χ4v) is 1.63. The van der Waals surface area contributed by atoms with Gasteiger partial charge in [0.15, 0.2) is 0 Å². The minimum absolute atomic E-state index is 0.408. The molecule has 0 saturated heterocycles. The van der Waals surface area contributed by atoms with Crippen molar-refractivity contribution in [1.29, 1.82) is 0 Å². The topological polar surface area (TPSA) is 29.3 Å². The van der Waals surface area contributed by atoms with Gasteiger partial charge in [0.2, 0.25) is 0 Å². The number of alkyl halides is 3. The van der Waals surface area contributed by atoms with Crippen LogP contribution in [0, 0.1) is 0 Å². The minimum atomic E-state index is -4.30. The maximum atomic E-state index is 12.5. The van der Waals surface area contributed by atoms with Crippen LogP contribution >= 0.6 is 12.2 Å². The van der Waals surface area contributed by atoms with E-state index >= 15 is 0 Å². The number of nitrogens with zero attached hydrogens (tertiary/aromatic N) is 1. The van der Waals surface area contributed by atoms with Gasteiger partial charge in [-0.05, 0) is 18.7 Å². The zero-order chi connectivity index (χ0) is 13.8. The quantitative estimate of drug-likeness (QED) is 0.839. The molecule has 18 heavy (non-hydrogen) atoms. The summed E-state index contributed by atoms with van der Waals surface area (Å²) in [6.07, 6.45) is -3.74. The normalized spacial score (nSPS) is 11.8. The van der Waals surface area contributed by atoms with E-state index < -0.39 is 11.7 Å². The van der Waals surface area contributed by atoms with Crippen LogP contribution in [0.25, 0.3) is 0 Å². The molecule has 0 atom stereocenters. The molecule has 0 spiro atoms. The van der Waals surface area contributed by atoms with Gasteiger partial charge >= 0.3 is 6.18 Å². The third-order valence-corrected chi connectivity index (χ3v) is 2.65. The number of hydrogen-bond donors (Lipinski definition) is 1. The maximum Gasteiger partial charge on any atom is 0.416 e. The smallest absolute Gasteiger partial charge is 0.393 e. The lowest BCUT2D eigenvalue weighted by Crippen LogP contribution is -2.23. The Bertz CT molecular complexity index is 418. The van der Waals surface area contributed by atoms with Gasteiger partial charge < -0.3 is 10.6 Å². The van der Waals surface area contributed by atoms with E-state index in [1.54, 1.807) is 6.07 Å². The Morgan fingerprint density at radius 2 is 2.06 bits per heavy atom. The highest BCUT2D eigenvalue weighted by Crippen LogP contribution is 2.29. The molecule has 1 rings (SSSR count). The average molecular weight is 276 g/mol. The molecule has 2 nitrogen and oxygen atoms in total. The summed E-state index contributed by atoms with van der Waals surface area (Å²) < 4.78 is 37.5. The van der Waals surface area contributed by atoms with E-state index in [2.05, 4.69) is 0 Å². The molecule has 6 heteroatoms. The van der Waals surface area contributed by atoms with Crippen LogP contribution in [0.5, 0.6) is 0 Å². The second-order valence-corrected chi connectivity index (χ2v) is 4.68. The molecule has 2 N–H and O–H groups in total. The fraction of sp³-hybridized carbons (Fsp3) is 0.417. The molecule has 0 heterocycles. The zero-order valence-electron chi connectivity index (χ0n) is 10.00. The van der Waals surface area contributed by atoms with Crippen molar-refractivity contribution in [3.8, 4) is 0 Å². The lowest BCUT2D eigenvalue weighted by atomic mass is 10.1. The highest BCUT2D eigenvalue weighted by molar-refractivity contribution is 7.80. The summed E-state index contributed by atoms with van der Waals surface area (Å²) in [5, 5.41) is 0. The van der Waals surface area contributed by atoms with Crippen molar-refractivity contribution in [3.63, 3.8) is 0 Å². The van der Waals surface area contributed by atoms with Crippen LogP contribution in [0.2, 0.25) is 0 Å². The van der Waals surface area contributed by atoms with Gasteiger partial charge in [-0.3, -0.25) is 0 Å². The first-order valence-electron chi connectivity index (χ1n) is 5.42. The number of rotatable bonds is 5. The van der Waals surface area contributed by atoms with Gasteiger partial charge in [-0.15, -0.1) is 0 Å². The van der Waals surface area contributed by atoms with Gasteiger partial charge in [0.1, 0.15) is 0 Å². The molecular formula is C12H15F3N2S. The van der Waals surface area contributed by atoms with E-state index in [4.69, 9.17) is 18.0 Å². The first kappa shape index (κ1) is 14.9. The van der Waals surface area contributed by atoms with Crippen LogP contribution in [0.4, 0.5) is 13.2 Å². The van der Waals surface area contributed by atoms with Crippen molar-refractivity contribution in [2.45, 2.75) is 19.1 Å². The van der Waals surface area contributed by atoms with Crippen LogP contribution in [0.3, 0.4) is 0 Å². The van der Waals surface area contributed by atoms with Crippen LogP contribution in [0.15, 0.2) is 24.3 Å². The van der Waals surface area contributed by atoms with E-state index in [9.17, 15) is 13.2 Å². The molecule has 1 aromatic rings. The molecule has 0 unspecified atom stereocenters. The first-order valence-corrected chi connectivity index (χ1v) is 5.83. The van der Waals surface area contributed by atoms with Crippen LogP contribution < -0.4 is 5.73 Å². The molecule has 100 valence electrons.